The first kappa shape index (κ1) is 19.1. The number of rotatable bonds is 6. The van der Waals surface area contributed by atoms with Crippen molar-refractivity contribution in [3.8, 4) is 0 Å². The summed E-state index contributed by atoms with van der Waals surface area (Å²) >= 11 is 1.75. The summed E-state index contributed by atoms with van der Waals surface area (Å²) in [5, 5.41) is 6.64. The van der Waals surface area contributed by atoms with E-state index in [9.17, 15) is 4.79 Å². The average molecular weight is 309 g/mol. The Morgan fingerprint density at radius 3 is 2.42 bits per heavy atom. The minimum absolute atomic E-state index is 0. The summed E-state index contributed by atoms with van der Waals surface area (Å²) in [5.74, 6) is 1.62. The van der Waals surface area contributed by atoms with Gasteiger partial charge in [-0.2, -0.15) is 0 Å². The van der Waals surface area contributed by atoms with Gasteiger partial charge >= 0.3 is 0 Å². The third-order valence-corrected chi connectivity index (χ3v) is 5.16. The summed E-state index contributed by atoms with van der Waals surface area (Å²) in [6.07, 6.45) is 2.31. The summed E-state index contributed by atoms with van der Waals surface area (Å²) in [7, 11) is 0. The van der Waals surface area contributed by atoms with Gasteiger partial charge < -0.3 is 10.6 Å². The molecule has 0 aromatic heterocycles. The Balaban J connectivity index is 0.00000324. The highest BCUT2D eigenvalue weighted by Gasteiger charge is 2.29. The molecule has 1 aliphatic rings. The molecule has 1 atom stereocenters. The third-order valence-electron chi connectivity index (χ3n) is 3.71. The van der Waals surface area contributed by atoms with Crippen molar-refractivity contribution in [2.24, 2.45) is 11.3 Å². The highest BCUT2D eigenvalue weighted by Crippen LogP contribution is 2.27. The SMILES string of the molecule is CCSC(C(=O)NCC1(C)CCNCC1)C(C)C.Cl. The van der Waals surface area contributed by atoms with Crippen molar-refractivity contribution in [3.63, 3.8) is 0 Å². The van der Waals surface area contributed by atoms with Crippen molar-refractivity contribution in [3.05, 3.63) is 0 Å². The molecular weight excluding hydrogens is 280 g/mol. The van der Waals surface area contributed by atoms with Crippen LogP contribution in [0.4, 0.5) is 0 Å². The molecule has 0 bridgehead atoms. The number of halogens is 1. The second-order valence-electron chi connectivity index (χ2n) is 5.90. The molecule has 5 heteroatoms. The minimum Gasteiger partial charge on any atom is -0.355 e. The number of amides is 1. The predicted molar refractivity (Wildman–Crippen MR) is 87.2 cm³/mol. The highest BCUT2D eigenvalue weighted by atomic mass is 35.5. The maximum Gasteiger partial charge on any atom is 0.233 e. The highest BCUT2D eigenvalue weighted by molar-refractivity contribution is 8.00. The van der Waals surface area contributed by atoms with Crippen molar-refractivity contribution in [1.29, 1.82) is 0 Å². The Hall–Kier alpha value is 0.0700. The van der Waals surface area contributed by atoms with Crippen LogP contribution in [0.1, 0.15) is 40.5 Å². The number of hydrogen-bond donors (Lipinski definition) is 2. The average Bonchev–Trinajstić information content (AvgIpc) is 2.34. The minimum atomic E-state index is 0. The van der Waals surface area contributed by atoms with Crippen LogP contribution < -0.4 is 10.6 Å². The molecule has 1 amide bonds. The smallest absolute Gasteiger partial charge is 0.233 e. The van der Waals surface area contributed by atoms with E-state index in [1.54, 1.807) is 11.8 Å². The van der Waals surface area contributed by atoms with E-state index in [-0.39, 0.29) is 29.0 Å². The van der Waals surface area contributed by atoms with Gasteiger partial charge in [-0.15, -0.1) is 24.2 Å². The lowest BCUT2D eigenvalue weighted by atomic mass is 9.81. The van der Waals surface area contributed by atoms with Gasteiger partial charge in [0.1, 0.15) is 0 Å². The van der Waals surface area contributed by atoms with Crippen LogP contribution in [-0.4, -0.2) is 36.5 Å². The first-order chi connectivity index (χ1) is 8.48. The Morgan fingerprint density at radius 1 is 1.37 bits per heavy atom. The van der Waals surface area contributed by atoms with Gasteiger partial charge in [0.25, 0.3) is 0 Å². The van der Waals surface area contributed by atoms with Crippen LogP contribution in [0.15, 0.2) is 0 Å². The Labute approximate surface area is 128 Å². The first-order valence-corrected chi connectivity index (χ1v) is 8.13. The number of piperidine rings is 1. The zero-order valence-corrected chi connectivity index (χ0v) is 14.3. The molecule has 114 valence electrons. The van der Waals surface area contributed by atoms with E-state index in [4.69, 9.17) is 0 Å². The summed E-state index contributed by atoms with van der Waals surface area (Å²) in [5.41, 5.74) is 0.277. The second-order valence-corrected chi connectivity index (χ2v) is 7.32. The summed E-state index contributed by atoms with van der Waals surface area (Å²) in [4.78, 5) is 12.2. The van der Waals surface area contributed by atoms with Gasteiger partial charge in [0.2, 0.25) is 5.91 Å². The maximum atomic E-state index is 12.2. The molecule has 0 aromatic carbocycles. The molecule has 0 saturated carbocycles. The van der Waals surface area contributed by atoms with Crippen molar-refractivity contribution >= 4 is 30.1 Å². The first-order valence-electron chi connectivity index (χ1n) is 7.08. The van der Waals surface area contributed by atoms with E-state index in [0.29, 0.717) is 5.92 Å². The summed E-state index contributed by atoms with van der Waals surface area (Å²) in [6, 6.07) is 0. The molecular formula is C14H29ClN2OS. The monoisotopic (exact) mass is 308 g/mol. The zero-order valence-electron chi connectivity index (χ0n) is 12.6. The molecule has 1 rings (SSSR count). The molecule has 1 aliphatic heterocycles. The molecule has 2 N–H and O–H groups in total. The van der Waals surface area contributed by atoms with Gasteiger partial charge in [-0.3, -0.25) is 4.79 Å². The molecule has 1 heterocycles. The van der Waals surface area contributed by atoms with Crippen LogP contribution in [-0.2, 0) is 4.79 Å². The van der Waals surface area contributed by atoms with Crippen molar-refractivity contribution < 1.29 is 4.79 Å². The third kappa shape index (κ3) is 6.37. The van der Waals surface area contributed by atoms with E-state index in [0.717, 1.165) is 38.2 Å². The van der Waals surface area contributed by atoms with Gasteiger partial charge in [-0.1, -0.05) is 27.7 Å². The normalized spacial score (nSPS) is 19.6. The second kappa shape index (κ2) is 9.09. The fraction of sp³-hybridized carbons (Fsp3) is 0.929. The fourth-order valence-electron chi connectivity index (χ4n) is 2.36. The lowest BCUT2D eigenvalue weighted by Crippen LogP contribution is -2.45. The van der Waals surface area contributed by atoms with E-state index < -0.39 is 0 Å². The van der Waals surface area contributed by atoms with E-state index in [1.165, 1.54) is 0 Å². The molecule has 0 aromatic rings. The number of carbonyl (C=O) groups excluding carboxylic acids is 1. The van der Waals surface area contributed by atoms with Crippen LogP contribution in [0, 0.1) is 11.3 Å². The van der Waals surface area contributed by atoms with Gasteiger partial charge in [0.05, 0.1) is 5.25 Å². The molecule has 0 spiro atoms. The molecule has 3 nitrogen and oxygen atoms in total. The summed E-state index contributed by atoms with van der Waals surface area (Å²) < 4.78 is 0. The van der Waals surface area contributed by atoms with Crippen molar-refractivity contribution in [2.75, 3.05) is 25.4 Å². The number of hydrogen-bond acceptors (Lipinski definition) is 3. The quantitative estimate of drug-likeness (QED) is 0.792. The molecule has 1 saturated heterocycles. The summed E-state index contributed by atoms with van der Waals surface area (Å²) in [6.45, 7) is 11.6. The van der Waals surface area contributed by atoms with Crippen LogP contribution in [0.2, 0.25) is 0 Å². The van der Waals surface area contributed by atoms with Gasteiger partial charge in [-0.05, 0) is 43.0 Å². The standard InChI is InChI=1S/C14H28N2OS.ClH/c1-5-18-12(11(2)3)13(17)16-10-14(4)6-8-15-9-7-14;/h11-12,15H,5-10H2,1-4H3,(H,16,17);1H. The van der Waals surface area contributed by atoms with E-state index >= 15 is 0 Å². The van der Waals surface area contributed by atoms with Crippen LogP contribution >= 0.6 is 24.2 Å². The fourth-order valence-corrected chi connectivity index (χ4v) is 3.34. The molecule has 19 heavy (non-hydrogen) atoms. The molecule has 1 fully saturated rings. The predicted octanol–water partition coefficient (Wildman–Crippen LogP) is 2.69. The van der Waals surface area contributed by atoms with Gasteiger partial charge in [0, 0.05) is 6.54 Å². The van der Waals surface area contributed by atoms with Crippen molar-refractivity contribution in [1.82, 2.24) is 10.6 Å². The van der Waals surface area contributed by atoms with Gasteiger partial charge in [0.15, 0.2) is 0 Å². The number of carbonyl (C=O) groups is 1. The number of thioether (sulfide) groups is 1. The van der Waals surface area contributed by atoms with Crippen molar-refractivity contribution in [2.45, 2.75) is 45.8 Å². The molecule has 0 radical (unpaired) electrons. The Kier molecular flexibility index (Phi) is 9.12. The largest absolute Gasteiger partial charge is 0.355 e. The van der Waals surface area contributed by atoms with Gasteiger partial charge in [-0.25, -0.2) is 0 Å². The van der Waals surface area contributed by atoms with Crippen LogP contribution in [0.25, 0.3) is 0 Å². The Morgan fingerprint density at radius 2 is 1.95 bits per heavy atom. The topological polar surface area (TPSA) is 41.1 Å². The molecule has 0 aliphatic carbocycles. The van der Waals surface area contributed by atoms with E-state index in [2.05, 4.69) is 38.3 Å². The maximum absolute atomic E-state index is 12.2. The lowest BCUT2D eigenvalue weighted by molar-refractivity contribution is -0.121. The molecule has 1 unspecified atom stereocenters. The zero-order chi connectivity index (χ0) is 13.6. The van der Waals surface area contributed by atoms with E-state index in [1.807, 2.05) is 0 Å². The lowest BCUT2D eigenvalue weighted by Gasteiger charge is -2.34. The van der Waals surface area contributed by atoms with Crippen LogP contribution in [0.5, 0.6) is 0 Å². The number of nitrogens with one attached hydrogen (secondary N) is 2. The van der Waals surface area contributed by atoms with Crippen LogP contribution in [0.3, 0.4) is 0 Å². The Bertz CT molecular complexity index is 268.